The number of likely N-dealkylation sites (tertiary alicyclic amines) is 2. The molecule has 0 aromatic carbocycles. The van der Waals surface area contributed by atoms with Crippen LogP contribution in [0.15, 0.2) is 12.1 Å². The largest absolute Gasteiger partial charge is 0.433 e. The van der Waals surface area contributed by atoms with E-state index in [0.717, 1.165) is 23.4 Å². The van der Waals surface area contributed by atoms with Crippen molar-refractivity contribution in [1.29, 1.82) is 0 Å². The molecule has 2 aliphatic rings. The summed E-state index contributed by atoms with van der Waals surface area (Å²) in [7, 11) is 1.67. The smallest absolute Gasteiger partial charge is 0.345 e. The number of amides is 2. The third-order valence-corrected chi connectivity index (χ3v) is 5.97. The number of rotatable bonds is 3. The van der Waals surface area contributed by atoms with E-state index in [2.05, 4.69) is 10.1 Å². The number of piperidine rings is 1. The Balaban J connectivity index is 1.70. The Morgan fingerprint density at radius 3 is 2.67 bits per heavy atom. The number of halogens is 3. The summed E-state index contributed by atoms with van der Waals surface area (Å²) in [6, 6.07) is 2.16. The van der Waals surface area contributed by atoms with Gasteiger partial charge >= 0.3 is 6.18 Å². The topological polar surface area (TPSA) is 70.8 Å². The van der Waals surface area contributed by atoms with E-state index in [-0.39, 0.29) is 23.9 Å². The van der Waals surface area contributed by atoms with E-state index in [4.69, 9.17) is 0 Å². The van der Waals surface area contributed by atoms with Crippen LogP contribution >= 0.6 is 0 Å². The zero-order valence-corrected chi connectivity index (χ0v) is 16.9. The van der Waals surface area contributed by atoms with Crippen molar-refractivity contribution in [1.82, 2.24) is 24.4 Å². The van der Waals surface area contributed by atoms with Gasteiger partial charge in [-0.15, -0.1) is 0 Å². The third-order valence-electron chi connectivity index (χ3n) is 5.97. The maximum absolute atomic E-state index is 13.6. The molecule has 2 saturated heterocycles. The van der Waals surface area contributed by atoms with Gasteiger partial charge in [0, 0.05) is 38.3 Å². The highest BCUT2D eigenvalue weighted by atomic mass is 19.4. The number of carbonyl (C=O) groups is 2. The van der Waals surface area contributed by atoms with Crippen LogP contribution < -0.4 is 0 Å². The van der Waals surface area contributed by atoms with Crippen LogP contribution in [0.5, 0.6) is 0 Å². The van der Waals surface area contributed by atoms with E-state index in [0.29, 0.717) is 37.3 Å². The maximum Gasteiger partial charge on any atom is 0.433 e. The monoisotopic (exact) mass is 423 g/mol. The summed E-state index contributed by atoms with van der Waals surface area (Å²) in [5.74, 6) is -0.621. The Morgan fingerprint density at radius 2 is 2.03 bits per heavy atom. The predicted molar refractivity (Wildman–Crippen MR) is 101 cm³/mol. The lowest BCUT2D eigenvalue weighted by Gasteiger charge is -2.36. The second kappa shape index (κ2) is 7.55. The number of nitrogens with zero attached hydrogens (tertiary/aromatic N) is 5. The average molecular weight is 423 g/mol. The van der Waals surface area contributed by atoms with Crippen molar-refractivity contribution in [3.63, 3.8) is 0 Å². The molecule has 7 nitrogen and oxygen atoms in total. The lowest BCUT2D eigenvalue weighted by atomic mass is 9.96. The Hall–Kier alpha value is -2.65. The molecular weight excluding hydrogens is 399 g/mol. The third kappa shape index (κ3) is 3.63. The lowest BCUT2D eigenvalue weighted by Crippen LogP contribution is -2.42. The molecule has 4 heterocycles. The van der Waals surface area contributed by atoms with Crippen LogP contribution in [0.2, 0.25) is 0 Å². The Bertz CT molecular complexity index is 987. The van der Waals surface area contributed by atoms with Gasteiger partial charge in [0.15, 0.2) is 5.65 Å². The van der Waals surface area contributed by atoms with Crippen molar-refractivity contribution in [2.45, 2.75) is 51.2 Å². The van der Waals surface area contributed by atoms with Crippen molar-refractivity contribution in [2.75, 3.05) is 20.1 Å². The van der Waals surface area contributed by atoms with E-state index in [1.807, 2.05) is 0 Å². The number of hydrogen-bond acceptors (Lipinski definition) is 4. The first kappa shape index (κ1) is 20.6. The van der Waals surface area contributed by atoms with Gasteiger partial charge in [-0.25, -0.2) is 9.50 Å². The van der Waals surface area contributed by atoms with Crippen molar-refractivity contribution in [2.24, 2.45) is 5.92 Å². The summed E-state index contributed by atoms with van der Waals surface area (Å²) < 4.78 is 41.6. The molecule has 2 aromatic heterocycles. The zero-order valence-electron chi connectivity index (χ0n) is 16.9. The van der Waals surface area contributed by atoms with Gasteiger partial charge in [0.1, 0.15) is 5.69 Å². The number of aryl methyl sites for hydroxylation is 1. The van der Waals surface area contributed by atoms with Crippen LogP contribution in [-0.2, 0) is 22.2 Å². The first-order valence-electron chi connectivity index (χ1n) is 10.2. The number of hydrogen-bond donors (Lipinski definition) is 0. The van der Waals surface area contributed by atoms with Crippen LogP contribution in [-0.4, -0.2) is 56.3 Å². The van der Waals surface area contributed by atoms with Crippen molar-refractivity contribution in [3.8, 4) is 0 Å². The summed E-state index contributed by atoms with van der Waals surface area (Å²) in [5.41, 5.74) is 0.00932. The van der Waals surface area contributed by atoms with Crippen molar-refractivity contribution in [3.05, 3.63) is 29.2 Å². The van der Waals surface area contributed by atoms with E-state index in [1.54, 1.807) is 24.9 Å². The molecule has 2 atom stereocenters. The molecule has 0 N–H and O–H groups in total. The first-order valence-corrected chi connectivity index (χ1v) is 10.2. The molecule has 2 unspecified atom stereocenters. The highest BCUT2D eigenvalue weighted by Crippen LogP contribution is 2.35. The summed E-state index contributed by atoms with van der Waals surface area (Å²) in [5, 5.41) is 4.23. The summed E-state index contributed by atoms with van der Waals surface area (Å²) in [6.45, 7) is 2.62. The Morgan fingerprint density at radius 1 is 1.27 bits per heavy atom. The van der Waals surface area contributed by atoms with Crippen LogP contribution in [0.1, 0.15) is 55.7 Å². The van der Waals surface area contributed by atoms with Gasteiger partial charge in [0.2, 0.25) is 11.8 Å². The van der Waals surface area contributed by atoms with E-state index in [1.165, 1.54) is 4.90 Å². The summed E-state index contributed by atoms with van der Waals surface area (Å²) in [4.78, 5) is 32.5. The molecule has 2 aromatic rings. The van der Waals surface area contributed by atoms with Crippen molar-refractivity contribution >= 4 is 17.5 Å². The summed E-state index contributed by atoms with van der Waals surface area (Å²) >= 11 is 0. The molecule has 4 rings (SSSR count). The lowest BCUT2D eigenvalue weighted by molar-refractivity contribution is -0.143. The molecule has 0 radical (unpaired) electrons. The molecular formula is C20H24F3N5O2. The molecule has 0 spiro atoms. The minimum absolute atomic E-state index is 0.0687. The van der Waals surface area contributed by atoms with Gasteiger partial charge in [0.05, 0.1) is 17.7 Å². The number of aromatic nitrogens is 3. The molecule has 2 fully saturated rings. The zero-order chi connectivity index (χ0) is 21.6. The van der Waals surface area contributed by atoms with E-state index >= 15 is 0 Å². The number of alkyl halides is 3. The molecule has 2 aliphatic heterocycles. The normalized spacial score (nSPS) is 22.9. The second-order valence-corrected chi connectivity index (χ2v) is 8.04. The van der Waals surface area contributed by atoms with Gasteiger partial charge in [-0.2, -0.15) is 18.3 Å². The molecule has 10 heteroatoms. The van der Waals surface area contributed by atoms with Crippen LogP contribution in [0.4, 0.5) is 13.2 Å². The molecule has 2 amide bonds. The number of fused-ring (bicyclic) bond motifs is 1. The molecule has 162 valence electrons. The highest BCUT2D eigenvalue weighted by molar-refractivity contribution is 5.89. The average Bonchev–Trinajstić information content (AvgIpc) is 3.28. The van der Waals surface area contributed by atoms with Crippen LogP contribution in [0.25, 0.3) is 5.65 Å². The van der Waals surface area contributed by atoms with Gasteiger partial charge in [-0.05, 0) is 31.7 Å². The maximum atomic E-state index is 13.6. The van der Waals surface area contributed by atoms with Gasteiger partial charge in [0.25, 0.3) is 0 Å². The predicted octanol–water partition coefficient (Wildman–Crippen LogP) is 2.84. The first-order chi connectivity index (χ1) is 14.2. The fourth-order valence-corrected chi connectivity index (χ4v) is 4.36. The van der Waals surface area contributed by atoms with E-state index < -0.39 is 23.8 Å². The van der Waals surface area contributed by atoms with Gasteiger partial charge in [-0.1, -0.05) is 6.92 Å². The van der Waals surface area contributed by atoms with Crippen molar-refractivity contribution < 1.29 is 22.8 Å². The minimum atomic E-state index is -4.56. The molecule has 0 aliphatic carbocycles. The summed E-state index contributed by atoms with van der Waals surface area (Å²) in [6.07, 6.45) is -1.73. The fourth-order valence-electron chi connectivity index (χ4n) is 4.36. The van der Waals surface area contributed by atoms with Crippen LogP contribution in [0.3, 0.4) is 0 Å². The Labute approximate surface area is 171 Å². The standard InChI is InChI=1S/C20H24F3N5O2/c1-3-13-9-16(20(21,22)23)28-17(24-13)10-14(25-28)15-6-4-5-7-27(15)19(30)12-8-18(29)26(2)11-12/h9-10,12,15H,3-8,11H2,1-2H3. The van der Waals surface area contributed by atoms with Crippen LogP contribution in [0, 0.1) is 5.92 Å². The molecule has 30 heavy (non-hydrogen) atoms. The second-order valence-electron chi connectivity index (χ2n) is 8.04. The number of carbonyl (C=O) groups excluding carboxylic acids is 2. The minimum Gasteiger partial charge on any atom is -0.345 e. The fraction of sp³-hybridized carbons (Fsp3) is 0.600. The quantitative estimate of drug-likeness (QED) is 0.761. The van der Waals surface area contributed by atoms with Gasteiger partial charge < -0.3 is 9.80 Å². The van der Waals surface area contributed by atoms with Gasteiger partial charge in [-0.3, -0.25) is 9.59 Å². The van der Waals surface area contributed by atoms with E-state index in [9.17, 15) is 22.8 Å². The SMILES string of the molecule is CCc1cc(C(F)(F)F)n2nc(C3CCCCN3C(=O)C3CC(=O)N(C)C3)cc2n1. The molecule has 0 bridgehead atoms. The highest BCUT2D eigenvalue weighted by Gasteiger charge is 2.40. The molecule has 0 saturated carbocycles. The Kier molecular flexibility index (Phi) is 5.19.